The lowest BCUT2D eigenvalue weighted by atomic mass is 10.1. The van der Waals surface area contributed by atoms with Crippen molar-refractivity contribution in [3.63, 3.8) is 0 Å². The molecule has 2 aromatic heterocycles. The summed E-state index contributed by atoms with van der Waals surface area (Å²) in [5.74, 6) is -0.218. The number of benzene rings is 2. The largest absolute Gasteiger partial charge is 0.411 e. The van der Waals surface area contributed by atoms with Crippen LogP contribution in [0.25, 0.3) is 11.1 Å². The maximum atomic E-state index is 13.3. The van der Waals surface area contributed by atoms with E-state index in [1.54, 1.807) is 48.7 Å². The number of rotatable bonds is 9. The van der Waals surface area contributed by atoms with Crippen molar-refractivity contribution < 1.29 is 14.3 Å². The van der Waals surface area contributed by atoms with Gasteiger partial charge in [-0.3, -0.25) is 15.2 Å². The number of primary amides is 1. The number of nitrogens with one attached hydrogen (secondary N) is 3. The number of ether oxygens (including phenoxy) is 1. The van der Waals surface area contributed by atoms with E-state index < -0.39 is 12.1 Å². The summed E-state index contributed by atoms with van der Waals surface area (Å²) in [7, 11) is 0. The van der Waals surface area contributed by atoms with Crippen LogP contribution in [0.15, 0.2) is 91.3 Å². The Morgan fingerprint density at radius 2 is 1.68 bits per heavy atom. The molecule has 186 valence electrons. The van der Waals surface area contributed by atoms with Crippen LogP contribution in [-0.4, -0.2) is 33.8 Å². The number of hydrogen-bond acceptors (Lipinski definition) is 7. The molecule has 0 aliphatic heterocycles. The van der Waals surface area contributed by atoms with Crippen LogP contribution < -0.4 is 26.8 Å². The first-order valence-corrected chi connectivity index (χ1v) is 11.3. The summed E-state index contributed by atoms with van der Waals surface area (Å²) >= 11 is 0. The number of amides is 2. The highest BCUT2D eigenvalue weighted by Gasteiger charge is 2.20. The van der Waals surface area contributed by atoms with Gasteiger partial charge in [0.1, 0.15) is 11.9 Å². The molecule has 4 rings (SSSR count). The van der Waals surface area contributed by atoms with Gasteiger partial charge in [0.05, 0.1) is 0 Å². The second-order valence-electron chi connectivity index (χ2n) is 8.09. The number of anilines is 2. The molecule has 0 radical (unpaired) electrons. The van der Waals surface area contributed by atoms with Gasteiger partial charge in [-0.25, -0.2) is 9.78 Å². The molecule has 2 aromatic carbocycles. The molecule has 0 aliphatic rings. The zero-order chi connectivity index (χ0) is 26.2. The summed E-state index contributed by atoms with van der Waals surface area (Å²) in [5, 5.41) is 13.9. The van der Waals surface area contributed by atoms with E-state index in [4.69, 9.17) is 21.6 Å². The quantitative estimate of drug-likeness (QED) is 0.175. The van der Waals surface area contributed by atoms with Gasteiger partial charge in [0.15, 0.2) is 0 Å². The molecule has 10 heteroatoms. The number of amidine groups is 1. The van der Waals surface area contributed by atoms with Crippen LogP contribution in [0.5, 0.6) is 5.88 Å². The van der Waals surface area contributed by atoms with Crippen molar-refractivity contribution in [1.29, 1.82) is 5.41 Å². The lowest BCUT2D eigenvalue weighted by molar-refractivity contribution is -0.116. The van der Waals surface area contributed by atoms with Gasteiger partial charge in [-0.05, 0) is 53.6 Å². The Hall–Kier alpha value is -5.25. The third kappa shape index (κ3) is 6.89. The van der Waals surface area contributed by atoms with Gasteiger partial charge >= 0.3 is 6.09 Å². The summed E-state index contributed by atoms with van der Waals surface area (Å²) < 4.78 is 4.84. The van der Waals surface area contributed by atoms with Gasteiger partial charge in [-0.1, -0.05) is 30.3 Å². The fourth-order valence-electron chi connectivity index (χ4n) is 3.64. The van der Waals surface area contributed by atoms with Crippen molar-refractivity contribution in [3.8, 4) is 17.0 Å². The van der Waals surface area contributed by atoms with E-state index in [2.05, 4.69) is 20.6 Å². The average Bonchev–Trinajstić information content (AvgIpc) is 2.89. The summed E-state index contributed by atoms with van der Waals surface area (Å²) in [6, 6.07) is 22.5. The minimum atomic E-state index is -0.940. The molecule has 10 nitrogen and oxygen atoms in total. The number of nitrogens with zero attached hydrogens (tertiary/aromatic N) is 2. The first-order chi connectivity index (χ1) is 17.9. The lowest BCUT2D eigenvalue weighted by Gasteiger charge is -2.20. The van der Waals surface area contributed by atoms with E-state index in [1.807, 2.05) is 36.4 Å². The fourth-order valence-corrected chi connectivity index (χ4v) is 3.64. The van der Waals surface area contributed by atoms with Gasteiger partial charge in [0.25, 0.3) is 0 Å². The predicted octanol–water partition coefficient (Wildman–Crippen LogP) is 3.55. The molecule has 1 atom stereocenters. The van der Waals surface area contributed by atoms with Gasteiger partial charge in [0, 0.05) is 47.5 Å². The second kappa shape index (κ2) is 11.5. The Kier molecular flexibility index (Phi) is 7.69. The Morgan fingerprint density at radius 1 is 0.865 bits per heavy atom. The molecule has 7 N–H and O–H groups in total. The van der Waals surface area contributed by atoms with Crippen molar-refractivity contribution in [2.45, 2.75) is 12.5 Å². The molecule has 2 heterocycles. The molecule has 4 aromatic rings. The van der Waals surface area contributed by atoms with Crippen LogP contribution >= 0.6 is 0 Å². The minimum absolute atomic E-state index is 0.0584. The minimum Gasteiger partial charge on any atom is -0.391 e. The van der Waals surface area contributed by atoms with Gasteiger partial charge in [-0.15, -0.1) is 0 Å². The Bertz CT molecular complexity index is 1410. The van der Waals surface area contributed by atoms with Crippen molar-refractivity contribution >= 4 is 29.2 Å². The van der Waals surface area contributed by atoms with E-state index in [-0.39, 0.29) is 17.6 Å². The molecule has 0 spiro atoms. The molecular formula is C27H25N7O3. The number of nitrogens with two attached hydrogens (primary N) is 2. The third-order valence-corrected chi connectivity index (χ3v) is 5.40. The van der Waals surface area contributed by atoms with Gasteiger partial charge < -0.3 is 26.8 Å². The SMILES string of the molecule is N=C(N)c1cccc(N[C@@H](Cc2ccccn2)C(=O)Nc2ccc(-c3ccnc(OC(N)=O)c3)cc2)c1. The summed E-state index contributed by atoms with van der Waals surface area (Å²) in [6.07, 6.45) is 2.59. The molecule has 0 aliphatic carbocycles. The molecule has 0 bridgehead atoms. The Labute approximate surface area is 213 Å². The van der Waals surface area contributed by atoms with E-state index in [0.29, 0.717) is 23.4 Å². The first-order valence-electron chi connectivity index (χ1n) is 11.3. The lowest BCUT2D eigenvalue weighted by Crippen LogP contribution is -2.36. The van der Waals surface area contributed by atoms with Crippen molar-refractivity contribution in [3.05, 3.63) is 103 Å². The van der Waals surface area contributed by atoms with Crippen molar-refractivity contribution in [2.75, 3.05) is 10.6 Å². The first kappa shape index (κ1) is 24.9. The topological polar surface area (TPSA) is 169 Å². The number of carbonyl (C=O) groups excluding carboxylic acids is 2. The van der Waals surface area contributed by atoms with Gasteiger partial charge in [-0.2, -0.15) is 0 Å². The smallest absolute Gasteiger partial charge is 0.391 e. The van der Waals surface area contributed by atoms with Crippen LogP contribution in [0.2, 0.25) is 0 Å². The number of carbonyl (C=O) groups is 2. The van der Waals surface area contributed by atoms with E-state index in [1.165, 1.54) is 6.20 Å². The molecule has 0 unspecified atom stereocenters. The van der Waals surface area contributed by atoms with Crippen LogP contribution in [0.1, 0.15) is 11.3 Å². The normalized spacial score (nSPS) is 11.2. The highest BCUT2D eigenvalue weighted by Crippen LogP contribution is 2.24. The molecule has 0 saturated heterocycles. The zero-order valence-corrected chi connectivity index (χ0v) is 19.7. The summed E-state index contributed by atoms with van der Waals surface area (Å²) in [4.78, 5) is 32.6. The molecular weight excluding hydrogens is 470 g/mol. The standard InChI is InChI=1S/C27H25N7O3/c28-25(29)19-4-3-6-22(14-19)33-23(16-21-5-1-2-12-31-21)26(35)34-20-9-7-17(8-10-20)18-11-13-32-24(15-18)37-27(30)36/h1-15,23,33H,16H2,(H3,28,29)(H2,30,36)(H,34,35)/t23-/m0/s1. The van der Waals surface area contributed by atoms with Crippen LogP contribution in [0, 0.1) is 5.41 Å². The maximum absolute atomic E-state index is 13.3. The predicted molar refractivity (Wildman–Crippen MR) is 141 cm³/mol. The van der Waals surface area contributed by atoms with Crippen LogP contribution in [0.4, 0.5) is 16.2 Å². The zero-order valence-electron chi connectivity index (χ0n) is 19.7. The fraction of sp³-hybridized carbons (Fsp3) is 0.0741. The van der Waals surface area contributed by atoms with Gasteiger partial charge in [0.2, 0.25) is 11.8 Å². The third-order valence-electron chi connectivity index (χ3n) is 5.40. The Balaban J connectivity index is 1.51. The number of pyridine rings is 2. The average molecular weight is 496 g/mol. The number of nitrogen functional groups attached to an aromatic ring is 1. The number of hydrogen-bond donors (Lipinski definition) is 5. The second-order valence-corrected chi connectivity index (χ2v) is 8.09. The number of aromatic nitrogens is 2. The highest BCUT2D eigenvalue weighted by molar-refractivity contribution is 5.98. The molecule has 2 amide bonds. The van der Waals surface area contributed by atoms with E-state index in [0.717, 1.165) is 16.8 Å². The summed E-state index contributed by atoms with van der Waals surface area (Å²) in [5.41, 5.74) is 14.8. The molecule has 0 saturated carbocycles. The van der Waals surface area contributed by atoms with E-state index >= 15 is 0 Å². The van der Waals surface area contributed by atoms with Crippen LogP contribution in [-0.2, 0) is 11.2 Å². The van der Waals surface area contributed by atoms with E-state index in [9.17, 15) is 9.59 Å². The van der Waals surface area contributed by atoms with Crippen LogP contribution in [0.3, 0.4) is 0 Å². The van der Waals surface area contributed by atoms with Crippen molar-refractivity contribution in [2.24, 2.45) is 11.5 Å². The summed E-state index contributed by atoms with van der Waals surface area (Å²) in [6.45, 7) is 0. The molecule has 37 heavy (non-hydrogen) atoms. The Morgan fingerprint density at radius 3 is 2.38 bits per heavy atom. The maximum Gasteiger partial charge on any atom is 0.411 e. The molecule has 0 fully saturated rings. The highest BCUT2D eigenvalue weighted by atomic mass is 16.6. The monoisotopic (exact) mass is 495 g/mol. The van der Waals surface area contributed by atoms with Crippen molar-refractivity contribution in [1.82, 2.24) is 9.97 Å².